The molecule has 7 heteroatoms. The first-order chi connectivity index (χ1) is 16.0. The molecule has 1 aliphatic heterocycles. The standard InChI is InChI=1S/C26H36N4O3/c1-21(32)30-14-7-5-3-4-6-13-29(19-22-9-8-12-27-18-22)20-24-17-23(10-11-25(24)30)26(33)28(2)15-16-31/h8-12,17-18,31H,3-7,13-16,19-20H2,1-2H3. The number of aromatic nitrogens is 1. The largest absolute Gasteiger partial charge is 0.395 e. The molecule has 0 atom stereocenters. The SMILES string of the molecule is CC(=O)N1CCCCCCCN(Cc2cccnc2)Cc2cc(C(=O)N(C)CCO)ccc21. The van der Waals surface area contributed by atoms with Crippen LogP contribution < -0.4 is 4.90 Å². The van der Waals surface area contributed by atoms with Gasteiger partial charge in [0.1, 0.15) is 0 Å². The lowest BCUT2D eigenvalue weighted by molar-refractivity contribution is -0.116. The Labute approximate surface area is 197 Å². The van der Waals surface area contributed by atoms with Crippen molar-refractivity contribution >= 4 is 17.5 Å². The number of amides is 2. The highest BCUT2D eigenvalue weighted by molar-refractivity contribution is 5.97. The van der Waals surface area contributed by atoms with Crippen LogP contribution in [0.15, 0.2) is 42.7 Å². The number of hydrogen-bond acceptors (Lipinski definition) is 5. The van der Waals surface area contributed by atoms with Crippen LogP contribution in [-0.2, 0) is 17.9 Å². The normalized spacial score (nSPS) is 15.8. The number of aliphatic hydroxyl groups is 1. The molecule has 0 aliphatic carbocycles. The van der Waals surface area contributed by atoms with Crippen LogP contribution in [0.5, 0.6) is 0 Å². The Morgan fingerprint density at radius 3 is 2.55 bits per heavy atom. The molecule has 3 rings (SSSR count). The Morgan fingerprint density at radius 2 is 1.85 bits per heavy atom. The summed E-state index contributed by atoms with van der Waals surface area (Å²) < 4.78 is 0. The van der Waals surface area contributed by atoms with Crippen LogP contribution in [0, 0.1) is 0 Å². The second-order valence-electron chi connectivity index (χ2n) is 8.80. The molecule has 0 unspecified atom stereocenters. The van der Waals surface area contributed by atoms with E-state index in [4.69, 9.17) is 0 Å². The number of aliphatic hydroxyl groups excluding tert-OH is 1. The molecule has 0 saturated heterocycles. The molecular formula is C26H36N4O3. The molecule has 2 aromatic rings. The maximum absolute atomic E-state index is 12.9. The molecule has 2 amide bonds. The van der Waals surface area contributed by atoms with Gasteiger partial charge < -0.3 is 14.9 Å². The molecule has 0 saturated carbocycles. The average molecular weight is 453 g/mol. The van der Waals surface area contributed by atoms with Crippen molar-refractivity contribution in [2.45, 2.75) is 52.1 Å². The molecule has 178 valence electrons. The number of pyridine rings is 1. The van der Waals surface area contributed by atoms with Crippen molar-refractivity contribution in [3.05, 3.63) is 59.4 Å². The zero-order chi connectivity index (χ0) is 23.6. The third-order valence-corrected chi connectivity index (χ3v) is 6.16. The van der Waals surface area contributed by atoms with Gasteiger partial charge in [0.2, 0.25) is 5.91 Å². The fourth-order valence-electron chi connectivity index (χ4n) is 4.37. The quantitative estimate of drug-likeness (QED) is 0.752. The number of anilines is 1. The van der Waals surface area contributed by atoms with E-state index < -0.39 is 0 Å². The number of benzene rings is 1. The van der Waals surface area contributed by atoms with Gasteiger partial charge in [-0.25, -0.2) is 0 Å². The van der Waals surface area contributed by atoms with Gasteiger partial charge in [0.25, 0.3) is 5.91 Å². The summed E-state index contributed by atoms with van der Waals surface area (Å²) in [6.45, 7) is 4.83. The van der Waals surface area contributed by atoms with E-state index in [9.17, 15) is 14.7 Å². The molecule has 0 fully saturated rings. The Balaban J connectivity index is 1.98. The van der Waals surface area contributed by atoms with Gasteiger partial charge >= 0.3 is 0 Å². The maximum atomic E-state index is 12.9. The van der Waals surface area contributed by atoms with Crippen LogP contribution in [0.25, 0.3) is 0 Å². The topological polar surface area (TPSA) is 77.0 Å². The summed E-state index contributed by atoms with van der Waals surface area (Å²) in [6, 6.07) is 9.65. The van der Waals surface area contributed by atoms with Crippen LogP contribution >= 0.6 is 0 Å². The minimum absolute atomic E-state index is 0.0172. The molecule has 1 aromatic heterocycles. The summed E-state index contributed by atoms with van der Waals surface area (Å²) in [5.41, 5.74) is 3.56. The Hall–Kier alpha value is -2.77. The highest BCUT2D eigenvalue weighted by Crippen LogP contribution is 2.27. The van der Waals surface area contributed by atoms with Crippen LogP contribution in [0.1, 0.15) is 60.5 Å². The predicted octanol–water partition coefficient (Wildman–Crippen LogP) is 3.47. The lowest BCUT2D eigenvalue weighted by Crippen LogP contribution is -2.33. The Bertz CT molecular complexity index is 919. The third-order valence-electron chi connectivity index (χ3n) is 6.16. The number of carbonyl (C=O) groups is 2. The van der Waals surface area contributed by atoms with Gasteiger partial charge in [0.15, 0.2) is 0 Å². The number of rotatable bonds is 5. The molecule has 0 radical (unpaired) electrons. The van der Waals surface area contributed by atoms with E-state index in [1.165, 1.54) is 17.7 Å². The molecule has 1 N–H and O–H groups in total. The van der Waals surface area contributed by atoms with Gasteiger partial charge in [-0.1, -0.05) is 25.3 Å². The lowest BCUT2D eigenvalue weighted by Gasteiger charge is -2.29. The van der Waals surface area contributed by atoms with Crippen LogP contribution in [0.4, 0.5) is 5.69 Å². The van der Waals surface area contributed by atoms with E-state index in [1.54, 1.807) is 26.2 Å². The zero-order valence-corrected chi connectivity index (χ0v) is 19.9. The monoisotopic (exact) mass is 452 g/mol. The lowest BCUT2D eigenvalue weighted by atomic mass is 10.0. The Kier molecular flexibility index (Phi) is 9.39. The highest BCUT2D eigenvalue weighted by atomic mass is 16.3. The van der Waals surface area contributed by atoms with Crippen molar-refractivity contribution in [3.63, 3.8) is 0 Å². The summed E-state index contributed by atoms with van der Waals surface area (Å²) in [4.78, 5) is 35.5. The van der Waals surface area contributed by atoms with Crippen molar-refractivity contribution in [2.75, 3.05) is 38.2 Å². The number of likely N-dealkylation sites (N-methyl/N-ethyl adjacent to an activating group) is 1. The fraction of sp³-hybridized carbons (Fsp3) is 0.500. The minimum Gasteiger partial charge on any atom is -0.395 e. The summed E-state index contributed by atoms with van der Waals surface area (Å²) in [6.07, 6.45) is 9.20. The summed E-state index contributed by atoms with van der Waals surface area (Å²) in [5, 5.41) is 9.22. The van der Waals surface area contributed by atoms with Crippen molar-refractivity contribution in [1.29, 1.82) is 0 Å². The van der Waals surface area contributed by atoms with Crippen molar-refractivity contribution < 1.29 is 14.7 Å². The van der Waals surface area contributed by atoms with E-state index in [2.05, 4.69) is 16.0 Å². The summed E-state index contributed by atoms with van der Waals surface area (Å²) in [5.74, 6) is -0.116. The molecule has 7 nitrogen and oxygen atoms in total. The van der Waals surface area contributed by atoms with Gasteiger partial charge in [-0.2, -0.15) is 0 Å². The summed E-state index contributed by atoms with van der Waals surface area (Å²) in [7, 11) is 1.69. The summed E-state index contributed by atoms with van der Waals surface area (Å²) >= 11 is 0. The van der Waals surface area contributed by atoms with E-state index in [1.807, 2.05) is 29.3 Å². The highest BCUT2D eigenvalue weighted by Gasteiger charge is 2.21. The first-order valence-corrected chi connectivity index (χ1v) is 11.9. The molecule has 1 aliphatic rings. The van der Waals surface area contributed by atoms with Crippen LogP contribution in [0.2, 0.25) is 0 Å². The molecule has 33 heavy (non-hydrogen) atoms. The molecule has 1 aromatic carbocycles. The zero-order valence-electron chi connectivity index (χ0n) is 19.9. The number of fused-ring (bicyclic) bond motifs is 1. The van der Waals surface area contributed by atoms with Crippen molar-refractivity contribution in [2.24, 2.45) is 0 Å². The molecule has 0 spiro atoms. The predicted molar refractivity (Wildman–Crippen MR) is 130 cm³/mol. The molecule has 0 bridgehead atoms. The first kappa shape index (κ1) is 24.9. The van der Waals surface area contributed by atoms with Gasteiger partial charge in [0, 0.05) is 63.8 Å². The van der Waals surface area contributed by atoms with E-state index in [0.29, 0.717) is 18.7 Å². The average Bonchev–Trinajstić information content (AvgIpc) is 2.80. The van der Waals surface area contributed by atoms with Gasteiger partial charge in [-0.3, -0.25) is 19.5 Å². The maximum Gasteiger partial charge on any atom is 0.253 e. The number of carbonyl (C=O) groups excluding carboxylic acids is 2. The van der Waals surface area contributed by atoms with Gasteiger partial charge in [0.05, 0.1) is 6.61 Å². The second kappa shape index (κ2) is 12.5. The van der Waals surface area contributed by atoms with Crippen molar-refractivity contribution in [3.8, 4) is 0 Å². The number of hydrogen-bond donors (Lipinski definition) is 1. The Morgan fingerprint density at radius 1 is 1.09 bits per heavy atom. The van der Waals surface area contributed by atoms with E-state index in [-0.39, 0.29) is 25.0 Å². The van der Waals surface area contributed by atoms with Crippen molar-refractivity contribution in [1.82, 2.24) is 14.8 Å². The minimum atomic E-state index is -0.133. The molecule has 2 heterocycles. The van der Waals surface area contributed by atoms with Gasteiger partial charge in [-0.05, 0) is 54.8 Å². The molecular weight excluding hydrogens is 416 g/mol. The smallest absolute Gasteiger partial charge is 0.253 e. The van der Waals surface area contributed by atoms with Crippen LogP contribution in [0.3, 0.4) is 0 Å². The van der Waals surface area contributed by atoms with Crippen LogP contribution in [-0.4, -0.2) is 65.0 Å². The first-order valence-electron chi connectivity index (χ1n) is 11.9. The third kappa shape index (κ3) is 7.11. The fourth-order valence-corrected chi connectivity index (χ4v) is 4.37. The second-order valence-corrected chi connectivity index (χ2v) is 8.80. The number of nitrogens with zero attached hydrogens (tertiary/aromatic N) is 4. The van der Waals surface area contributed by atoms with E-state index in [0.717, 1.165) is 49.2 Å². The van der Waals surface area contributed by atoms with E-state index >= 15 is 0 Å². The van der Waals surface area contributed by atoms with Gasteiger partial charge in [-0.15, -0.1) is 0 Å².